The van der Waals surface area contributed by atoms with Gasteiger partial charge in [-0.2, -0.15) is 0 Å². The Hall–Kier alpha value is -2.38. The van der Waals surface area contributed by atoms with Gasteiger partial charge in [0, 0.05) is 62.4 Å². The zero-order valence-corrected chi connectivity index (χ0v) is 15.5. The van der Waals surface area contributed by atoms with E-state index in [1.807, 2.05) is 36.1 Å². The molecular weight excluding hydrogens is 332 g/mol. The lowest BCUT2D eigenvalue weighted by Gasteiger charge is -2.37. The molecule has 0 bridgehead atoms. The molecule has 2 heterocycles. The number of carbonyl (C=O) groups is 2. The number of piperazine rings is 1. The summed E-state index contributed by atoms with van der Waals surface area (Å²) in [5, 5.41) is 10.9. The molecule has 1 aromatic carbocycles. The van der Waals surface area contributed by atoms with E-state index in [-0.39, 0.29) is 5.91 Å². The third-order valence-corrected chi connectivity index (χ3v) is 5.08. The third-order valence-electron chi connectivity index (χ3n) is 5.08. The van der Waals surface area contributed by atoms with Crippen molar-refractivity contribution >= 4 is 22.8 Å². The number of hydrogen-bond donors (Lipinski definition) is 2. The molecule has 1 aliphatic heterocycles. The van der Waals surface area contributed by atoms with Crippen molar-refractivity contribution in [3.05, 3.63) is 35.5 Å². The molecular formula is C19H26N4O3. The number of carbonyl (C=O) groups excluding carboxylic acids is 1. The largest absolute Gasteiger partial charge is 0.480 e. The first-order valence-electron chi connectivity index (χ1n) is 8.85. The number of rotatable bonds is 5. The van der Waals surface area contributed by atoms with Gasteiger partial charge in [0.05, 0.1) is 6.54 Å². The summed E-state index contributed by atoms with van der Waals surface area (Å²) < 4.78 is 0. The minimum absolute atomic E-state index is 0.0701. The average molecular weight is 358 g/mol. The molecule has 1 saturated heterocycles. The normalized spacial score (nSPS) is 17.3. The van der Waals surface area contributed by atoms with E-state index in [2.05, 4.69) is 9.88 Å². The Morgan fingerprint density at radius 2 is 1.85 bits per heavy atom. The number of benzene rings is 1. The Bertz CT molecular complexity index is 806. The number of H-pyrrole nitrogens is 1. The second-order valence-electron chi connectivity index (χ2n) is 7.05. The van der Waals surface area contributed by atoms with Gasteiger partial charge >= 0.3 is 5.97 Å². The summed E-state index contributed by atoms with van der Waals surface area (Å²) >= 11 is 0. The number of nitrogens with one attached hydrogen (secondary N) is 1. The summed E-state index contributed by atoms with van der Waals surface area (Å²) in [4.78, 5) is 33.0. The van der Waals surface area contributed by atoms with Gasteiger partial charge in [0.25, 0.3) is 0 Å². The number of nitrogens with zero attached hydrogens (tertiary/aromatic N) is 3. The molecule has 1 atom stereocenters. The van der Waals surface area contributed by atoms with E-state index >= 15 is 0 Å². The Labute approximate surface area is 153 Å². The lowest BCUT2D eigenvalue weighted by atomic mass is 10.0. The molecule has 0 spiro atoms. The van der Waals surface area contributed by atoms with Crippen LogP contribution in [0.2, 0.25) is 0 Å². The summed E-state index contributed by atoms with van der Waals surface area (Å²) in [6.07, 6.45) is 0. The highest BCUT2D eigenvalue weighted by atomic mass is 16.4. The van der Waals surface area contributed by atoms with Crippen LogP contribution in [0.5, 0.6) is 0 Å². The van der Waals surface area contributed by atoms with E-state index in [1.54, 1.807) is 19.0 Å². The van der Waals surface area contributed by atoms with Crippen LogP contribution in [0.15, 0.2) is 24.3 Å². The van der Waals surface area contributed by atoms with Gasteiger partial charge in [-0.05, 0) is 13.0 Å². The van der Waals surface area contributed by atoms with Gasteiger partial charge in [0.1, 0.15) is 6.04 Å². The van der Waals surface area contributed by atoms with E-state index in [0.29, 0.717) is 32.7 Å². The molecule has 2 aromatic rings. The summed E-state index contributed by atoms with van der Waals surface area (Å²) in [6, 6.07) is 7.13. The van der Waals surface area contributed by atoms with E-state index in [9.17, 15) is 14.7 Å². The van der Waals surface area contributed by atoms with Gasteiger partial charge < -0.3 is 15.0 Å². The van der Waals surface area contributed by atoms with Gasteiger partial charge in [-0.3, -0.25) is 19.4 Å². The van der Waals surface area contributed by atoms with Gasteiger partial charge in [-0.15, -0.1) is 0 Å². The highest BCUT2D eigenvalue weighted by molar-refractivity contribution is 5.90. The first kappa shape index (κ1) is 18.4. The van der Waals surface area contributed by atoms with Gasteiger partial charge in [-0.1, -0.05) is 18.2 Å². The maximum Gasteiger partial charge on any atom is 0.325 e. The van der Waals surface area contributed by atoms with E-state index in [0.717, 1.165) is 22.2 Å². The van der Waals surface area contributed by atoms with Crippen LogP contribution in [0.3, 0.4) is 0 Å². The number of amides is 1. The number of likely N-dealkylation sites (N-methyl/N-ethyl adjacent to an activating group) is 1. The summed E-state index contributed by atoms with van der Waals surface area (Å²) in [5.41, 5.74) is 2.69. The number of carboxylic acids is 1. The Morgan fingerprint density at radius 3 is 2.46 bits per heavy atom. The molecule has 140 valence electrons. The van der Waals surface area contributed by atoms with Crippen molar-refractivity contribution in [2.75, 3.05) is 46.8 Å². The number of hydrogen-bond acceptors (Lipinski definition) is 4. The number of aromatic amines is 1. The van der Waals surface area contributed by atoms with E-state index in [4.69, 9.17) is 0 Å². The summed E-state index contributed by atoms with van der Waals surface area (Å²) in [6.45, 7) is 4.92. The number of aromatic nitrogens is 1. The van der Waals surface area contributed by atoms with Crippen LogP contribution in [0.4, 0.5) is 0 Å². The Kier molecular flexibility index (Phi) is 5.29. The number of para-hydroxylation sites is 1. The highest BCUT2D eigenvalue weighted by Gasteiger charge is 2.33. The molecule has 1 aromatic heterocycles. The van der Waals surface area contributed by atoms with Crippen molar-refractivity contribution in [3.8, 4) is 0 Å². The zero-order valence-electron chi connectivity index (χ0n) is 15.5. The average Bonchev–Trinajstić information content (AvgIpc) is 2.92. The van der Waals surface area contributed by atoms with Crippen molar-refractivity contribution in [1.29, 1.82) is 0 Å². The maximum atomic E-state index is 12.1. The second kappa shape index (κ2) is 7.47. The number of aryl methyl sites for hydroxylation is 1. The molecule has 0 aliphatic carbocycles. The van der Waals surface area contributed by atoms with Gasteiger partial charge in [0.2, 0.25) is 5.91 Å². The molecule has 3 rings (SSSR count). The molecule has 0 unspecified atom stereocenters. The molecule has 0 radical (unpaired) electrons. The lowest BCUT2D eigenvalue weighted by molar-refractivity contribution is -0.145. The summed E-state index contributed by atoms with van der Waals surface area (Å²) in [7, 11) is 3.50. The van der Waals surface area contributed by atoms with Crippen molar-refractivity contribution in [2.24, 2.45) is 0 Å². The first-order chi connectivity index (χ1) is 12.4. The predicted molar refractivity (Wildman–Crippen MR) is 100 cm³/mol. The van der Waals surface area contributed by atoms with Crippen molar-refractivity contribution in [2.45, 2.75) is 13.0 Å². The van der Waals surface area contributed by atoms with Gasteiger partial charge in [0.15, 0.2) is 0 Å². The van der Waals surface area contributed by atoms with E-state index < -0.39 is 12.0 Å². The smallest absolute Gasteiger partial charge is 0.325 e. The quantitative estimate of drug-likeness (QED) is 0.842. The number of fused-ring (bicyclic) bond motifs is 1. The van der Waals surface area contributed by atoms with Crippen LogP contribution < -0.4 is 0 Å². The Morgan fingerprint density at radius 1 is 1.19 bits per heavy atom. The maximum absolute atomic E-state index is 12.1. The fraction of sp³-hybridized carbons (Fsp3) is 0.474. The van der Waals surface area contributed by atoms with Crippen LogP contribution in [0.1, 0.15) is 17.3 Å². The standard InChI is InChI=1S/C19H26N4O3/c1-13-17(14-6-4-5-7-15(14)20-13)18(19(25)26)23-10-8-22(9-11-23)12-16(24)21(2)3/h4-7,18,20H,8-12H2,1-3H3,(H,25,26)/t18-/m0/s1. The minimum Gasteiger partial charge on any atom is -0.480 e. The fourth-order valence-electron chi connectivity index (χ4n) is 3.63. The summed E-state index contributed by atoms with van der Waals surface area (Å²) in [5.74, 6) is -0.767. The fourth-order valence-corrected chi connectivity index (χ4v) is 3.63. The topological polar surface area (TPSA) is 79.9 Å². The van der Waals surface area contributed by atoms with Crippen LogP contribution >= 0.6 is 0 Å². The molecule has 0 saturated carbocycles. The van der Waals surface area contributed by atoms with Crippen LogP contribution in [-0.4, -0.2) is 83.5 Å². The van der Waals surface area contributed by atoms with Crippen LogP contribution in [-0.2, 0) is 9.59 Å². The first-order valence-corrected chi connectivity index (χ1v) is 8.85. The Balaban J connectivity index is 1.79. The molecule has 1 fully saturated rings. The molecule has 7 heteroatoms. The molecule has 2 N–H and O–H groups in total. The van der Waals surface area contributed by atoms with Crippen LogP contribution in [0, 0.1) is 6.92 Å². The molecule has 26 heavy (non-hydrogen) atoms. The van der Waals surface area contributed by atoms with Crippen LogP contribution in [0.25, 0.3) is 10.9 Å². The molecule has 7 nitrogen and oxygen atoms in total. The predicted octanol–water partition coefficient (Wildman–Crippen LogP) is 1.31. The number of carboxylic acid groups (broad SMARTS) is 1. The zero-order chi connectivity index (χ0) is 18.8. The monoisotopic (exact) mass is 358 g/mol. The highest BCUT2D eigenvalue weighted by Crippen LogP contribution is 2.32. The lowest BCUT2D eigenvalue weighted by Crippen LogP contribution is -2.51. The molecule has 1 aliphatic rings. The third kappa shape index (κ3) is 3.59. The number of aliphatic carboxylic acids is 1. The minimum atomic E-state index is -0.837. The van der Waals surface area contributed by atoms with Crippen molar-refractivity contribution < 1.29 is 14.7 Å². The second-order valence-corrected chi connectivity index (χ2v) is 7.05. The van der Waals surface area contributed by atoms with Crippen molar-refractivity contribution in [1.82, 2.24) is 19.7 Å². The van der Waals surface area contributed by atoms with E-state index in [1.165, 1.54) is 0 Å². The SMILES string of the molecule is Cc1[nH]c2ccccc2c1[C@@H](C(=O)O)N1CCN(CC(=O)N(C)C)CC1. The van der Waals surface area contributed by atoms with Gasteiger partial charge in [-0.25, -0.2) is 0 Å². The molecule has 1 amide bonds. The van der Waals surface area contributed by atoms with Crippen molar-refractivity contribution in [3.63, 3.8) is 0 Å².